The monoisotopic (exact) mass is 163 g/mol. The Morgan fingerprint density at radius 3 is 2.00 bits per heavy atom. The molecule has 0 aliphatic carbocycles. The molecule has 0 unspecified atom stereocenters. The molecule has 0 saturated heterocycles. The summed E-state index contributed by atoms with van der Waals surface area (Å²) in [6.07, 6.45) is 0. The second kappa shape index (κ2) is 2.30. The second-order valence-corrected chi connectivity index (χ2v) is 1.83. The van der Waals surface area contributed by atoms with Crippen molar-refractivity contribution in [3.05, 3.63) is 17.7 Å². The van der Waals surface area contributed by atoms with Crippen LogP contribution in [0.1, 0.15) is 0 Å². The molecule has 0 aliphatic rings. The number of hydrogen-bond donors (Lipinski definition) is 2. The van der Waals surface area contributed by atoms with Crippen LogP contribution in [0.3, 0.4) is 0 Å². The number of hydrogen-bond acceptors (Lipinski definition) is 3. The van der Waals surface area contributed by atoms with E-state index in [1.54, 1.807) is 0 Å². The number of rotatable bonds is 0. The summed E-state index contributed by atoms with van der Waals surface area (Å²) in [6.45, 7) is 0. The first-order chi connectivity index (χ1) is 5.04. The van der Waals surface area contributed by atoms with E-state index in [4.69, 9.17) is 11.5 Å². The van der Waals surface area contributed by atoms with E-state index in [9.17, 15) is 13.2 Å². The number of nitrogens with two attached hydrogens (primary N) is 2. The Labute approximate surface area is 59.8 Å². The molecule has 0 aromatic carbocycles. The van der Waals surface area contributed by atoms with Crippen LogP contribution in [0.4, 0.5) is 24.5 Å². The van der Waals surface area contributed by atoms with Crippen LogP contribution in [-0.4, -0.2) is 4.98 Å². The average Bonchev–Trinajstić information content (AvgIpc) is 1.97. The summed E-state index contributed by atoms with van der Waals surface area (Å²) < 4.78 is 36.8. The third-order valence-corrected chi connectivity index (χ3v) is 1.13. The van der Waals surface area contributed by atoms with E-state index in [0.717, 1.165) is 0 Å². The normalized spacial score (nSPS) is 10.1. The van der Waals surface area contributed by atoms with Gasteiger partial charge in [-0.1, -0.05) is 0 Å². The van der Waals surface area contributed by atoms with Gasteiger partial charge in [-0.2, -0.15) is 18.2 Å². The number of nitrogen functional groups attached to an aromatic ring is 2. The standard InChI is InChI=1S/C5H4F3N3/c6-1-2(9)3(10)5(8)11-4(1)7/h10H2,(H2,9,11). The van der Waals surface area contributed by atoms with Crippen LogP contribution >= 0.6 is 0 Å². The molecule has 0 fully saturated rings. The van der Waals surface area contributed by atoms with E-state index >= 15 is 0 Å². The number of aromatic nitrogens is 1. The molecule has 0 spiro atoms. The van der Waals surface area contributed by atoms with Gasteiger partial charge in [0.1, 0.15) is 11.4 Å². The van der Waals surface area contributed by atoms with Crippen LogP contribution in [0, 0.1) is 17.7 Å². The van der Waals surface area contributed by atoms with Gasteiger partial charge >= 0.3 is 0 Å². The molecule has 6 heteroatoms. The maximum atomic E-state index is 12.4. The predicted molar refractivity (Wildman–Crippen MR) is 32.9 cm³/mol. The fraction of sp³-hybridized carbons (Fsp3) is 0. The first kappa shape index (κ1) is 7.64. The van der Waals surface area contributed by atoms with E-state index in [1.165, 1.54) is 0 Å². The SMILES string of the molecule is Nc1c(F)nc(F)c(F)c1N. The van der Waals surface area contributed by atoms with Gasteiger partial charge in [-0.05, 0) is 0 Å². The molecule has 3 nitrogen and oxygen atoms in total. The van der Waals surface area contributed by atoms with Gasteiger partial charge in [-0.3, -0.25) is 0 Å². The van der Waals surface area contributed by atoms with Crippen molar-refractivity contribution in [3.8, 4) is 0 Å². The maximum Gasteiger partial charge on any atom is 0.253 e. The molecule has 0 saturated carbocycles. The van der Waals surface area contributed by atoms with Gasteiger partial charge in [0, 0.05) is 0 Å². The van der Waals surface area contributed by atoms with Gasteiger partial charge in [0.2, 0.25) is 11.8 Å². The lowest BCUT2D eigenvalue weighted by atomic mass is 10.3. The van der Waals surface area contributed by atoms with E-state index in [0.29, 0.717) is 0 Å². The molecular weight excluding hydrogens is 159 g/mol. The molecule has 0 atom stereocenters. The van der Waals surface area contributed by atoms with Crippen LogP contribution in [0.5, 0.6) is 0 Å². The average molecular weight is 163 g/mol. The first-order valence-corrected chi connectivity index (χ1v) is 2.59. The van der Waals surface area contributed by atoms with Crippen molar-refractivity contribution in [2.45, 2.75) is 0 Å². The number of nitrogens with zero attached hydrogens (tertiary/aromatic N) is 1. The summed E-state index contributed by atoms with van der Waals surface area (Å²) in [5, 5.41) is 0. The largest absolute Gasteiger partial charge is 0.394 e. The van der Waals surface area contributed by atoms with Crippen molar-refractivity contribution in [3.63, 3.8) is 0 Å². The summed E-state index contributed by atoms with van der Waals surface area (Å²) >= 11 is 0. The first-order valence-electron chi connectivity index (χ1n) is 2.59. The number of halogens is 3. The second-order valence-electron chi connectivity index (χ2n) is 1.83. The molecule has 1 heterocycles. The number of pyridine rings is 1. The fourth-order valence-corrected chi connectivity index (χ4v) is 0.536. The lowest BCUT2D eigenvalue weighted by Crippen LogP contribution is -2.06. The van der Waals surface area contributed by atoms with Crippen molar-refractivity contribution in [1.29, 1.82) is 0 Å². The Hall–Kier alpha value is -1.46. The molecule has 1 rings (SSSR count). The van der Waals surface area contributed by atoms with Crippen LogP contribution < -0.4 is 11.5 Å². The summed E-state index contributed by atoms with van der Waals surface area (Å²) in [6, 6.07) is 0. The third kappa shape index (κ3) is 1.06. The summed E-state index contributed by atoms with van der Waals surface area (Å²) in [7, 11) is 0. The molecule has 0 radical (unpaired) electrons. The molecule has 0 aliphatic heterocycles. The molecule has 0 amide bonds. The van der Waals surface area contributed by atoms with Crippen molar-refractivity contribution in [2.75, 3.05) is 11.5 Å². The van der Waals surface area contributed by atoms with Gasteiger partial charge in [0.15, 0.2) is 0 Å². The van der Waals surface area contributed by atoms with E-state index < -0.39 is 29.1 Å². The van der Waals surface area contributed by atoms with Crippen molar-refractivity contribution in [2.24, 2.45) is 0 Å². The van der Waals surface area contributed by atoms with Gasteiger partial charge in [0.25, 0.3) is 5.95 Å². The third-order valence-electron chi connectivity index (χ3n) is 1.13. The Kier molecular flexibility index (Phi) is 1.60. The highest BCUT2D eigenvalue weighted by atomic mass is 19.2. The minimum Gasteiger partial charge on any atom is -0.394 e. The lowest BCUT2D eigenvalue weighted by Gasteiger charge is -2.01. The molecule has 1 aromatic rings. The highest BCUT2D eigenvalue weighted by Gasteiger charge is 2.14. The van der Waals surface area contributed by atoms with Gasteiger partial charge in [-0.15, -0.1) is 0 Å². The van der Waals surface area contributed by atoms with E-state index in [2.05, 4.69) is 4.98 Å². The smallest absolute Gasteiger partial charge is 0.253 e. The predicted octanol–water partition coefficient (Wildman–Crippen LogP) is 0.663. The lowest BCUT2D eigenvalue weighted by molar-refractivity contribution is 0.453. The van der Waals surface area contributed by atoms with Gasteiger partial charge < -0.3 is 11.5 Å². The minimum atomic E-state index is -1.59. The Morgan fingerprint density at radius 2 is 1.45 bits per heavy atom. The molecular formula is C5H4F3N3. The van der Waals surface area contributed by atoms with Crippen LogP contribution in [0.25, 0.3) is 0 Å². The zero-order chi connectivity index (χ0) is 8.59. The highest BCUT2D eigenvalue weighted by molar-refractivity contribution is 5.62. The molecule has 0 bridgehead atoms. The Bertz CT molecular complexity index is 273. The van der Waals surface area contributed by atoms with Crippen LogP contribution in [-0.2, 0) is 0 Å². The van der Waals surface area contributed by atoms with Crippen molar-refractivity contribution in [1.82, 2.24) is 4.98 Å². The highest BCUT2D eigenvalue weighted by Crippen LogP contribution is 2.21. The Balaban J connectivity index is 3.46. The van der Waals surface area contributed by atoms with E-state index in [1.807, 2.05) is 0 Å². The van der Waals surface area contributed by atoms with E-state index in [-0.39, 0.29) is 0 Å². The zero-order valence-corrected chi connectivity index (χ0v) is 5.24. The summed E-state index contributed by atoms with van der Waals surface area (Å²) in [4.78, 5) is 2.52. The van der Waals surface area contributed by atoms with Crippen molar-refractivity contribution >= 4 is 11.4 Å². The maximum absolute atomic E-state index is 12.4. The number of anilines is 2. The van der Waals surface area contributed by atoms with Crippen LogP contribution in [0.2, 0.25) is 0 Å². The Morgan fingerprint density at radius 1 is 0.909 bits per heavy atom. The summed E-state index contributed by atoms with van der Waals surface area (Å²) in [5.74, 6) is -4.32. The van der Waals surface area contributed by atoms with Crippen molar-refractivity contribution < 1.29 is 13.2 Å². The zero-order valence-electron chi connectivity index (χ0n) is 5.24. The van der Waals surface area contributed by atoms with Gasteiger partial charge in [-0.25, -0.2) is 0 Å². The van der Waals surface area contributed by atoms with Crippen LogP contribution in [0.15, 0.2) is 0 Å². The topological polar surface area (TPSA) is 64.9 Å². The van der Waals surface area contributed by atoms with Gasteiger partial charge in [0.05, 0.1) is 0 Å². The molecule has 11 heavy (non-hydrogen) atoms. The minimum absolute atomic E-state index is 0.677. The molecule has 60 valence electrons. The fourth-order valence-electron chi connectivity index (χ4n) is 0.536. The summed E-state index contributed by atoms with van der Waals surface area (Å²) in [5.41, 5.74) is 8.31. The molecule has 4 N–H and O–H groups in total. The molecule has 1 aromatic heterocycles. The quantitative estimate of drug-likeness (QED) is 0.552.